The van der Waals surface area contributed by atoms with Crippen molar-refractivity contribution >= 4 is 38.5 Å². The van der Waals surface area contributed by atoms with Gasteiger partial charge in [-0.15, -0.1) is 0 Å². The fourth-order valence-corrected chi connectivity index (χ4v) is 6.50. The van der Waals surface area contributed by atoms with E-state index in [1.165, 1.54) is 0 Å². The highest BCUT2D eigenvalue weighted by Gasteiger charge is 2.33. The monoisotopic (exact) mass is 575 g/mol. The second kappa shape index (κ2) is 12.2. The van der Waals surface area contributed by atoms with E-state index in [2.05, 4.69) is 59.1 Å². The van der Waals surface area contributed by atoms with Crippen LogP contribution in [0.4, 0.5) is 4.79 Å². The molecule has 1 saturated heterocycles. The van der Waals surface area contributed by atoms with Crippen molar-refractivity contribution in [1.29, 1.82) is 0 Å². The number of rotatable bonds is 9. The number of amides is 2. The van der Waals surface area contributed by atoms with Crippen LogP contribution in [0.1, 0.15) is 75.3 Å². The molecule has 2 aromatic heterocycles. The third-order valence-corrected chi connectivity index (χ3v) is 8.45. The molecule has 1 aliphatic heterocycles. The Bertz CT molecular complexity index is 1520. The first-order chi connectivity index (χ1) is 19.6. The van der Waals surface area contributed by atoms with Gasteiger partial charge in [0, 0.05) is 30.4 Å². The van der Waals surface area contributed by atoms with Crippen LogP contribution in [0.25, 0.3) is 26.4 Å². The molecule has 218 valence electrons. The lowest BCUT2D eigenvalue weighted by molar-refractivity contribution is 0.0224. The summed E-state index contributed by atoms with van der Waals surface area (Å²) in [6.45, 7) is 11.3. The molecule has 2 aromatic carbocycles. The predicted octanol–water partition coefficient (Wildman–Crippen LogP) is 6.75. The third-order valence-electron chi connectivity index (χ3n) is 7.44. The van der Waals surface area contributed by atoms with E-state index in [4.69, 9.17) is 9.72 Å². The van der Waals surface area contributed by atoms with Crippen molar-refractivity contribution in [2.24, 2.45) is 0 Å². The van der Waals surface area contributed by atoms with Crippen molar-refractivity contribution in [2.45, 2.75) is 65.0 Å². The second-order valence-electron chi connectivity index (χ2n) is 11.9. The van der Waals surface area contributed by atoms with Gasteiger partial charge in [0.25, 0.3) is 5.91 Å². The van der Waals surface area contributed by atoms with E-state index in [1.807, 2.05) is 43.9 Å². The van der Waals surface area contributed by atoms with Gasteiger partial charge in [-0.25, -0.2) is 9.78 Å². The summed E-state index contributed by atoms with van der Waals surface area (Å²) in [5.74, 6) is -0.0376. The zero-order chi connectivity index (χ0) is 29.1. The minimum absolute atomic E-state index is 0.0297. The Labute approximate surface area is 246 Å². The van der Waals surface area contributed by atoms with Gasteiger partial charge in [-0.1, -0.05) is 42.5 Å². The molecule has 9 heteroatoms. The van der Waals surface area contributed by atoms with Gasteiger partial charge in [0.15, 0.2) is 4.96 Å². The van der Waals surface area contributed by atoms with Gasteiger partial charge in [-0.2, -0.15) is 0 Å². The molecule has 2 amide bonds. The van der Waals surface area contributed by atoms with Crippen molar-refractivity contribution < 1.29 is 14.3 Å². The number of ether oxygens (including phenoxy) is 1. The average Bonchev–Trinajstić information content (AvgIpc) is 3.65. The van der Waals surface area contributed by atoms with Crippen LogP contribution in [0.15, 0.2) is 48.7 Å². The first kappa shape index (κ1) is 29.1. The summed E-state index contributed by atoms with van der Waals surface area (Å²) in [6.07, 6.45) is 5.78. The Balaban J connectivity index is 1.26. The van der Waals surface area contributed by atoms with E-state index >= 15 is 0 Å². The number of fused-ring (bicyclic) bond motifs is 3. The number of benzene rings is 2. The molecule has 4 aromatic rings. The quantitative estimate of drug-likeness (QED) is 0.223. The minimum Gasteiger partial charge on any atom is -0.444 e. The first-order valence-corrected chi connectivity index (χ1v) is 15.4. The number of aromatic nitrogens is 2. The first-order valence-electron chi connectivity index (χ1n) is 14.6. The summed E-state index contributed by atoms with van der Waals surface area (Å²) >= 11 is 1.59. The van der Waals surface area contributed by atoms with Gasteiger partial charge < -0.3 is 19.9 Å². The summed E-state index contributed by atoms with van der Waals surface area (Å²) in [4.78, 5) is 35.4. The lowest BCUT2D eigenvalue weighted by Crippen LogP contribution is -2.36. The standard InChI is InChI=1S/C32H41N5O3S/c1-6-17-35(5)18-8-16-33-29(38)24-14-15-27-28(20-24)41-30-34-25(21-37(27)30)22-10-12-23(13-11-22)26-9-7-19-36(26)31(39)40-32(2,3)4/h10-15,20-21,26H,6-9,16-19H2,1-5H3,(H,33,38). The smallest absolute Gasteiger partial charge is 0.410 e. The van der Waals surface area contributed by atoms with E-state index in [0.29, 0.717) is 18.7 Å². The van der Waals surface area contributed by atoms with Crippen LogP contribution in [-0.2, 0) is 4.74 Å². The number of carbonyl (C=O) groups is 2. The molecular formula is C32H41N5O3S. The van der Waals surface area contributed by atoms with E-state index in [0.717, 1.165) is 70.8 Å². The summed E-state index contributed by atoms with van der Waals surface area (Å²) in [5.41, 5.74) is 4.24. The maximum absolute atomic E-state index is 12.7. The predicted molar refractivity (Wildman–Crippen MR) is 166 cm³/mol. The van der Waals surface area contributed by atoms with Crippen LogP contribution in [-0.4, -0.2) is 70.0 Å². The number of carbonyl (C=O) groups excluding carboxylic acids is 2. The number of likely N-dealkylation sites (tertiary alicyclic amines) is 1. The fraction of sp³-hybridized carbons (Fsp3) is 0.469. The van der Waals surface area contributed by atoms with E-state index < -0.39 is 5.60 Å². The summed E-state index contributed by atoms with van der Waals surface area (Å²) < 4.78 is 8.76. The number of thiazole rings is 1. The summed E-state index contributed by atoms with van der Waals surface area (Å²) in [7, 11) is 2.12. The molecule has 41 heavy (non-hydrogen) atoms. The SMILES string of the molecule is CCCN(C)CCCNC(=O)c1ccc2c(c1)sc1nc(-c3ccc(C4CCCN4C(=O)OC(C)(C)C)cc3)cn12. The molecule has 1 aliphatic rings. The Morgan fingerprint density at radius 1 is 1.15 bits per heavy atom. The van der Waals surface area contributed by atoms with Gasteiger partial charge in [0.1, 0.15) is 5.60 Å². The maximum Gasteiger partial charge on any atom is 0.410 e. The molecule has 1 N–H and O–H groups in total. The van der Waals surface area contributed by atoms with Gasteiger partial charge >= 0.3 is 6.09 Å². The molecule has 0 bridgehead atoms. The molecule has 0 radical (unpaired) electrons. The van der Waals surface area contributed by atoms with Crippen molar-refractivity contribution in [3.63, 3.8) is 0 Å². The van der Waals surface area contributed by atoms with Gasteiger partial charge in [-0.05, 0) is 90.4 Å². The van der Waals surface area contributed by atoms with Crippen molar-refractivity contribution in [1.82, 2.24) is 24.5 Å². The molecule has 1 fully saturated rings. The van der Waals surface area contributed by atoms with Crippen LogP contribution in [0, 0.1) is 0 Å². The lowest BCUT2D eigenvalue weighted by atomic mass is 10.0. The second-order valence-corrected chi connectivity index (χ2v) is 12.9. The van der Waals surface area contributed by atoms with E-state index in [1.54, 1.807) is 11.3 Å². The third kappa shape index (κ3) is 6.73. The largest absolute Gasteiger partial charge is 0.444 e. The number of hydrogen-bond donors (Lipinski definition) is 1. The normalized spacial score (nSPS) is 15.8. The van der Waals surface area contributed by atoms with E-state index in [9.17, 15) is 9.59 Å². The highest BCUT2D eigenvalue weighted by molar-refractivity contribution is 7.23. The van der Waals surface area contributed by atoms with Crippen LogP contribution < -0.4 is 5.32 Å². The maximum atomic E-state index is 12.7. The van der Waals surface area contributed by atoms with Crippen LogP contribution in [0.3, 0.4) is 0 Å². The molecule has 8 nitrogen and oxygen atoms in total. The lowest BCUT2D eigenvalue weighted by Gasteiger charge is -2.28. The van der Waals surface area contributed by atoms with Crippen molar-refractivity contribution in [3.8, 4) is 11.3 Å². The molecule has 0 spiro atoms. The number of imidazole rings is 1. The number of hydrogen-bond acceptors (Lipinski definition) is 6. The van der Waals surface area contributed by atoms with Gasteiger partial charge in [0.05, 0.1) is 22.0 Å². The van der Waals surface area contributed by atoms with Crippen LogP contribution in [0.5, 0.6) is 0 Å². The van der Waals surface area contributed by atoms with Crippen molar-refractivity contribution in [2.75, 3.05) is 33.2 Å². The van der Waals surface area contributed by atoms with Gasteiger partial charge in [0.2, 0.25) is 0 Å². The van der Waals surface area contributed by atoms with Crippen LogP contribution >= 0.6 is 11.3 Å². The molecular weight excluding hydrogens is 534 g/mol. The number of nitrogens with zero attached hydrogens (tertiary/aromatic N) is 4. The molecule has 1 unspecified atom stereocenters. The summed E-state index contributed by atoms with van der Waals surface area (Å²) in [6, 6.07) is 14.2. The Morgan fingerprint density at radius 3 is 2.66 bits per heavy atom. The Morgan fingerprint density at radius 2 is 1.93 bits per heavy atom. The molecule has 5 rings (SSSR count). The average molecular weight is 576 g/mol. The zero-order valence-electron chi connectivity index (χ0n) is 24.8. The zero-order valence-corrected chi connectivity index (χ0v) is 25.6. The molecule has 3 heterocycles. The van der Waals surface area contributed by atoms with Gasteiger partial charge in [-0.3, -0.25) is 9.20 Å². The highest BCUT2D eigenvalue weighted by atomic mass is 32.1. The van der Waals surface area contributed by atoms with Crippen molar-refractivity contribution in [3.05, 3.63) is 59.8 Å². The topological polar surface area (TPSA) is 79.2 Å². The van der Waals surface area contributed by atoms with Crippen LogP contribution in [0.2, 0.25) is 0 Å². The number of nitrogens with one attached hydrogen (secondary N) is 1. The Kier molecular flexibility index (Phi) is 8.66. The molecule has 0 aliphatic carbocycles. The molecule has 1 atom stereocenters. The fourth-order valence-electron chi connectivity index (χ4n) is 5.46. The van der Waals surface area contributed by atoms with E-state index in [-0.39, 0.29) is 18.0 Å². The molecule has 0 saturated carbocycles. The highest BCUT2D eigenvalue weighted by Crippen LogP contribution is 2.35. The minimum atomic E-state index is -0.509. The summed E-state index contributed by atoms with van der Waals surface area (Å²) in [5, 5.41) is 3.05. The Hall–Kier alpha value is -3.43.